The molecule has 0 aliphatic rings. The van der Waals surface area contributed by atoms with Crippen LogP contribution in [0.4, 0.5) is 5.69 Å². The molecule has 2 aromatic rings. The highest BCUT2D eigenvalue weighted by molar-refractivity contribution is 7.12. The third kappa shape index (κ3) is 3.28. The Labute approximate surface area is 121 Å². The van der Waals surface area contributed by atoms with E-state index in [2.05, 4.69) is 5.32 Å². The fraction of sp³-hybridized carbons (Fsp3) is 0.214. The highest BCUT2D eigenvalue weighted by atomic mass is 35.5. The fourth-order valence-corrected chi connectivity index (χ4v) is 2.63. The highest BCUT2D eigenvalue weighted by Crippen LogP contribution is 2.28. The Morgan fingerprint density at radius 3 is 2.79 bits per heavy atom. The summed E-state index contributed by atoms with van der Waals surface area (Å²) in [6, 6.07) is 9.23. The van der Waals surface area contributed by atoms with E-state index in [4.69, 9.17) is 16.3 Å². The Bertz CT molecular complexity index is 580. The molecule has 0 bridgehead atoms. The standard InChI is InChI=1S/C14H14ClNO2S/c1-9(15)11-5-3-4-6-12(11)16-14(17)13-7-10(18-2)8-19-13/h3-9H,1-2H3,(H,16,17). The van der Waals surface area contributed by atoms with Crippen LogP contribution in [0.5, 0.6) is 5.75 Å². The van der Waals surface area contributed by atoms with Crippen molar-refractivity contribution in [2.75, 3.05) is 12.4 Å². The van der Waals surface area contributed by atoms with E-state index >= 15 is 0 Å². The number of carbonyl (C=O) groups is 1. The number of hydrogen-bond acceptors (Lipinski definition) is 3. The minimum Gasteiger partial charge on any atom is -0.496 e. The number of methoxy groups -OCH3 is 1. The largest absolute Gasteiger partial charge is 0.496 e. The lowest BCUT2D eigenvalue weighted by molar-refractivity contribution is 0.103. The number of anilines is 1. The summed E-state index contributed by atoms with van der Waals surface area (Å²) >= 11 is 7.44. The van der Waals surface area contributed by atoms with Gasteiger partial charge >= 0.3 is 0 Å². The molecular formula is C14H14ClNO2S. The second-order valence-corrected chi connectivity index (χ2v) is 5.57. The number of nitrogens with one attached hydrogen (secondary N) is 1. The molecule has 1 heterocycles. The van der Waals surface area contributed by atoms with Crippen LogP contribution in [0.15, 0.2) is 35.7 Å². The zero-order chi connectivity index (χ0) is 13.8. The maximum atomic E-state index is 12.1. The SMILES string of the molecule is COc1csc(C(=O)Nc2ccccc2C(C)Cl)c1. The molecule has 0 spiro atoms. The van der Waals surface area contributed by atoms with E-state index in [0.29, 0.717) is 10.6 Å². The van der Waals surface area contributed by atoms with Gasteiger partial charge in [0, 0.05) is 17.1 Å². The molecular weight excluding hydrogens is 282 g/mol. The van der Waals surface area contributed by atoms with Gasteiger partial charge in [-0.2, -0.15) is 0 Å². The molecule has 3 nitrogen and oxygen atoms in total. The average Bonchev–Trinajstić information content (AvgIpc) is 2.88. The molecule has 0 saturated heterocycles. The summed E-state index contributed by atoms with van der Waals surface area (Å²) in [7, 11) is 1.58. The molecule has 19 heavy (non-hydrogen) atoms. The number of amides is 1. The molecule has 1 unspecified atom stereocenters. The number of thiophene rings is 1. The number of ether oxygens (including phenoxy) is 1. The first-order chi connectivity index (χ1) is 9.11. The second kappa shape index (κ2) is 6.08. The number of hydrogen-bond donors (Lipinski definition) is 1. The molecule has 0 aliphatic heterocycles. The van der Waals surface area contributed by atoms with Crippen LogP contribution in [0.1, 0.15) is 27.5 Å². The van der Waals surface area contributed by atoms with E-state index in [1.54, 1.807) is 18.6 Å². The summed E-state index contributed by atoms with van der Waals surface area (Å²) in [6.07, 6.45) is 0. The normalized spacial score (nSPS) is 11.9. The smallest absolute Gasteiger partial charge is 0.265 e. The molecule has 1 aromatic carbocycles. The molecule has 100 valence electrons. The van der Waals surface area contributed by atoms with Crippen LogP contribution in [0.2, 0.25) is 0 Å². The summed E-state index contributed by atoms with van der Waals surface area (Å²) in [6.45, 7) is 1.88. The predicted molar refractivity (Wildman–Crippen MR) is 79.5 cm³/mol. The van der Waals surface area contributed by atoms with E-state index in [-0.39, 0.29) is 11.3 Å². The van der Waals surface area contributed by atoms with Crippen LogP contribution >= 0.6 is 22.9 Å². The van der Waals surface area contributed by atoms with Crippen molar-refractivity contribution < 1.29 is 9.53 Å². The Morgan fingerprint density at radius 2 is 2.16 bits per heavy atom. The van der Waals surface area contributed by atoms with E-state index in [9.17, 15) is 4.79 Å². The maximum absolute atomic E-state index is 12.1. The summed E-state index contributed by atoms with van der Waals surface area (Å²) in [5.74, 6) is 0.534. The van der Waals surface area contributed by atoms with Gasteiger partial charge in [0.2, 0.25) is 0 Å². The van der Waals surface area contributed by atoms with Crippen molar-refractivity contribution in [1.82, 2.24) is 0 Å². The summed E-state index contributed by atoms with van der Waals surface area (Å²) in [4.78, 5) is 12.7. The van der Waals surface area contributed by atoms with Crippen LogP contribution in [0.3, 0.4) is 0 Å². The van der Waals surface area contributed by atoms with E-state index in [1.165, 1.54) is 11.3 Å². The van der Waals surface area contributed by atoms with Crippen molar-refractivity contribution >= 4 is 34.5 Å². The van der Waals surface area contributed by atoms with Gasteiger partial charge in [-0.25, -0.2) is 0 Å². The van der Waals surface area contributed by atoms with Crippen LogP contribution in [-0.4, -0.2) is 13.0 Å². The number of benzene rings is 1. The number of rotatable bonds is 4. The van der Waals surface area contributed by atoms with Crippen molar-refractivity contribution in [2.24, 2.45) is 0 Å². The molecule has 2 rings (SSSR count). The van der Waals surface area contributed by atoms with Gasteiger partial charge in [-0.3, -0.25) is 4.79 Å². The average molecular weight is 296 g/mol. The first-order valence-corrected chi connectivity index (χ1v) is 7.10. The van der Waals surface area contributed by atoms with Crippen molar-refractivity contribution in [3.63, 3.8) is 0 Å². The molecule has 1 amide bonds. The molecule has 1 atom stereocenters. The maximum Gasteiger partial charge on any atom is 0.265 e. The summed E-state index contributed by atoms with van der Waals surface area (Å²) < 4.78 is 5.07. The monoisotopic (exact) mass is 295 g/mol. The third-order valence-electron chi connectivity index (χ3n) is 2.67. The predicted octanol–water partition coefficient (Wildman–Crippen LogP) is 4.31. The number of alkyl halides is 1. The van der Waals surface area contributed by atoms with E-state index < -0.39 is 0 Å². The van der Waals surface area contributed by atoms with E-state index in [1.807, 2.05) is 31.2 Å². The molecule has 0 saturated carbocycles. The molecule has 5 heteroatoms. The second-order valence-electron chi connectivity index (χ2n) is 4.01. The van der Waals surface area contributed by atoms with Gasteiger partial charge in [0.25, 0.3) is 5.91 Å². The first-order valence-electron chi connectivity index (χ1n) is 5.78. The molecule has 0 fully saturated rings. The topological polar surface area (TPSA) is 38.3 Å². The quantitative estimate of drug-likeness (QED) is 0.854. The van der Waals surface area contributed by atoms with Gasteiger partial charge in [-0.15, -0.1) is 22.9 Å². The van der Waals surface area contributed by atoms with Crippen LogP contribution < -0.4 is 10.1 Å². The van der Waals surface area contributed by atoms with Crippen LogP contribution in [0, 0.1) is 0 Å². The zero-order valence-corrected chi connectivity index (χ0v) is 12.2. The Kier molecular flexibility index (Phi) is 4.45. The lowest BCUT2D eigenvalue weighted by atomic mass is 10.1. The fourth-order valence-electron chi connectivity index (χ4n) is 1.69. The van der Waals surface area contributed by atoms with Gasteiger partial charge < -0.3 is 10.1 Å². The molecule has 1 aromatic heterocycles. The van der Waals surface area contributed by atoms with Crippen molar-refractivity contribution in [2.45, 2.75) is 12.3 Å². The lowest BCUT2D eigenvalue weighted by Crippen LogP contribution is -2.11. The third-order valence-corrected chi connectivity index (χ3v) is 3.81. The van der Waals surface area contributed by atoms with Crippen LogP contribution in [-0.2, 0) is 0 Å². The van der Waals surface area contributed by atoms with Crippen molar-refractivity contribution in [3.05, 3.63) is 46.2 Å². The van der Waals surface area contributed by atoms with Gasteiger partial charge in [0.05, 0.1) is 17.4 Å². The van der Waals surface area contributed by atoms with E-state index in [0.717, 1.165) is 11.3 Å². The van der Waals surface area contributed by atoms with Crippen molar-refractivity contribution in [3.8, 4) is 5.75 Å². The zero-order valence-electron chi connectivity index (χ0n) is 10.6. The lowest BCUT2D eigenvalue weighted by Gasteiger charge is -2.11. The number of para-hydroxylation sites is 1. The van der Waals surface area contributed by atoms with Crippen LogP contribution in [0.25, 0.3) is 0 Å². The molecule has 0 radical (unpaired) electrons. The Balaban J connectivity index is 2.19. The molecule has 1 N–H and O–H groups in total. The Morgan fingerprint density at radius 1 is 1.42 bits per heavy atom. The van der Waals surface area contributed by atoms with Gasteiger partial charge in [0.1, 0.15) is 5.75 Å². The number of halogens is 1. The summed E-state index contributed by atoms with van der Waals surface area (Å²) in [5.41, 5.74) is 1.64. The van der Waals surface area contributed by atoms with Crippen molar-refractivity contribution in [1.29, 1.82) is 0 Å². The minimum atomic E-state index is -0.158. The van der Waals surface area contributed by atoms with Gasteiger partial charge in [-0.1, -0.05) is 18.2 Å². The first kappa shape index (κ1) is 13.9. The number of carbonyl (C=O) groups excluding carboxylic acids is 1. The Hall–Kier alpha value is -1.52. The van der Waals surface area contributed by atoms with Gasteiger partial charge in [0.15, 0.2) is 0 Å². The highest BCUT2D eigenvalue weighted by Gasteiger charge is 2.13. The van der Waals surface area contributed by atoms with Gasteiger partial charge in [-0.05, 0) is 18.6 Å². The molecule has 0 aliphatic carbocycles. The summed E-state index contributed by atoms with van der Waals surface area (Å²) in [5, 5.41) is 4.52. The minimum absolute atomic E-state index is 0.155.